The molecule has 14 heteroatoms. The van der Waals surface area contributed by atoms with Gasteiger partial charge in [0.25, 0.3) is 11.7 Å². The van der Waals surface area contributed by atoms with E-state index in [0.717, 1.165) is 0 Å². The summed E-state index contributed by atoms with van der Waals surface area (Å²) < 4.78 is 25.4. The normalized spacial score (nSPS) is 28.7. The number of aliphatic hydroxyl groups is 2. The van der Waals surface area contributed by atoms with Gasteiger partial charge in [0, 0.05) is 84.8 Å². The van der Waals surface area contributed by atoms with Gasteiger partial charge in [-0.15, -0.1) is 0 Å². The van der Waals surface area contributed by atoms with Crippen LogP contribution in [0.4, 0.5) is 5.69 Å². The van der Waals surface area contributed by atoms with Gasteiger partial charge in [-0.3, -0.25) is 19.2 Å². The molecule has 14 nitrogen and oxygen atoms in total. The number of carbonyl (C=O) groups excluding carboxylic acids is 4. The van der Waals surface area contributed by atoms with Gasteiger partial charge < -0.3 is 49.3 Å². The first kappa shape index (κ1) is 43.0. The maximum atomic E-state index is 14.6. The predicted octanol–water partition coefficient (Wildman–Crippen LogP) is 6.05. The maximum absolute atomic E-state index is 14.6. The minimum Gasteiger partial charge on any atom is -0.507 e. The summed E-state index contributed by atoms with van der Waals surface area (Å²) in [4.78, 5) is 54.0. The van der Waals surface area contributed by atoms with Gasteiger partial charge in [-0.05, 0) is 33.8 Å². The quantitative estimate of drug-likeness (QED) is 0.117. The molecule has 2 aromatic carbocycles. The number of hydrogen-bond acceptors (Lipinski definition) is 12. The third-order valence-electron chi connectivity index (χ3n) is 11.8. The summed E-state index contributed by atoms with van der Waals surface area (Å²) in [6, 6.07) is 0. The molecule has 1 aromatic heterocycles. The maximum Gasteiger partial charge on any atom is 0.312 e. The summed E-state index contributed by atoms with van der Waals surface area (Å²) in [5.74, 6) is -7.68. The van der Waals surface area contributed by atoms with Crippen molar-refractivity contribution >= 4 is 50.8 Å². The molecule has 0 saturated carbocycles. The molecule has 4 bridgehead atoms. The van der Waals surface area contributed by atoms with E-state index in [4.69, 9.17) is 18.9 Å². The number of carbonyl (C=O) groups is 4. The number of phenols is 2. The van der Waals surface area contributed by atoms with Crippen molar-refractivity contribution in [1.82, 2.24) is 4.57 Å². The van der Waals surface area contributed by atoms with Gasteiger partial charge in [-0.25, -0.2) is 0 Å². The fraction of sp³-hybridized carbons (Fsp3) is 0.488. The number of amides is 1. The number of allylic oxidation sites excluding steroid dienone is 2. The lowest BCUT2D eigenvalue weighted by Crippen LogP contribution is -2.46. The molecular weight excluding hydrogens is 736 g/mol. The molecule has 3 aromatic rings. The lowest BCUT2D eigenvalue weighted by Gasteiger charge is -2.38. The van der Waals surface area contributed by atoms with Crippen LogP contribution in [0.2, 0.25) is 0 Å². The molecular formula is C43H54N2O12. The van der Waals surface area contributed by atoms with Crippen LogP contribution in [0.25, 0.3) is 21.7 Å². The Balaban J connectivity index is 1.79. The van der Waals surface area contributed by atoms with Crippen molar-refractivity contribution in [3.05, 3.63) is 58.5 Å². The number of ether oxygens (including phenoxy) is 4. The van der Waals surface area contributed by atoms with E-state index >= 15 is 0 Å². The monoisotopic (exact) mass is 790 g/mol. The second-order valence-electron chi connectivity index (χ2n) is 15.7. The van der Waals surface area contributed by atoms with E-state index in [0.29, 0.717) is 5.69 Å². The summed E-state index contributed by atoms with van der Waals surface area (Å²) in [6.07, 6.45) is 3.69. The molecule has 0 radical (unpaired) electrons. The Bertz CT molecular complexity index is 2250. The summed E-state index contributed by atoms with van der Waals surface area (Å²) in [5, 5.41) is 49.4. The van der Waals surface area contributed by atoms with Gasteiger partial charge in [0.2, 0.25) is 0 Å². The number of fused-ring (bicyclic) bond motifs is 1. The van der Waals surface area contributed by atoms with Crippen molar-refractivity contribution in [2.45, 2.75) is 99.4 Å². The first-order valence-electron chi connectivity index (χ1n) is 19.0. The molecule has 3 heterocycles. The Morgan fingerprint density at radius 2 is 1.56 bits per heavy atom. The van der Waals surface area contributed by atoms with E-state index in [1.807, 2.05) is 0 Å². The van der Waals surface area contributed by atoms with Gasteiger partial charge in [0.15, 0.2) is 11.5 Å². The molecule has 1 amide bonds. The number of rotatable bonds is 3. The predicted molar refractivity (Wildman–Crippen MR) is 213 cm³/mol. The van der Waals surface area contributed by atoms with Crippen LogP contribution >= 0.6 is 0 Å². The third-order valence-corrected chi connectivity index (χ3v) is 11.8. The van der Waals surface area contributed by atoms with E-state index in [9.17, 15) is 39.6 Å². The zero-order valence-electron chi connectivity index (χ0n) is 34.5. The molecule has 0 fully saturated rings. The van der Waals surface area contributed by atoms with Gasteiger partial charge in [0.1, 0.15) is 17.6 Å². The molecule has 5 N–H and O–H groups in total. The van der Waals surface area contributed by atoms with Gasteiger partial charge >= 0.3 is 11.8 Å². The number of aromatic nitrogens is 1. The van der Waals surface area contributed by atoms with Crippen LogP contribution < -0.4 is 10.1 Å². The van der Waals surface area contributed by atoms with Crippen molar-refractivity contribution in [1.29, 1.82) is 0 Å². The van der Waals surface area contributed by atoms with Crippen molar-refractivity contribution in [2.24, 2.45) is 30.7 Å². The van der Waals surface area contributed by atoms with Crippen molar-refractivity contribution < 1.29 is 58.6 Å². The number of benzene rings is 2. The Morgan fingerprint density at radius 1 is 0.912 bits per heavy atom. The number of phenolic OH excluding ortho intramolecular Hbond substituents is 2. The summed E-state index contributed by atoms with van der Waals surface area (Å²) in [6.45, 7) is 15.7. The fourth-order valence-corrected chi connectivity index (χ4v) is 8.25. The highest BCUT2D eigenvalue weighted by Crippen LogP contribution is 2.55. The second kappa shape index (κ2) is 16.0. The number of esters is 1. The highest BCUT2D eigenvalue weighted by molar-refractivity contribution is 6.31. The molecule has 9 unspecified atom stereocenters. The summed E-state index contributed by atoms with van der Waals surface area (Å²) in [5.41, 5.74) is 1.09. The minimum absolute atomic E-state index is 0.00219. The Hall–Kier alpha value is -5.18. The van der Waals surface area contributed by atoms with E-state index in [1.165, 1.54) is 53.2 Å². The molecule has 0 saturated heterocycles. The van der Waals surface area contributed by atoms with Gasteiger partial charge in [-0.1, -0.05) is 45.9 Å². The largest absolute Gasteiger partial charge is 0.507 e. The smallest absolute Gasteiger partial charge is 0.312 e. The first-order chi connectivity index (χ1) is 26.6. The first-order valence-corrected chi connectivity index (χ1v) is 19.0. The molecule has 5 rings (SSSR count). The number of anilines is 1. The SMILES string of the molecule is COC1C=COC2(C)Oc3c(C)c(O)c4c(O)c(c5c(C(C)=O)c(C)n(C)c5c4c3C2=O)NC(=O)C(C)=CC=CC(C)C(O)C(C)C(O)C(C)C(OC(C)=O)C1C. The van der Waals surface area contributed by atoms with Crippen LogP contribution in [0.15, 0.2) is 36.1 Å². The average molecular weight is 791 g/mol. The standard InChI is InChI=1S/C43H54N2O12/c1-18-14-13-15-19(2)42(53)44-33-30-28(25(8)46)24(7)45(11)34(30)29-31(38(33)51)37(50)23(6)40-32(29)41(52)43(10,57-40)55-17-16-27(54-12)20(3)39(56-26(9)47)22(5)36(49)21(4)35(18)48/h13-18,20-22,27,35-36,39,48-51H,1-12H3,(H,44,53). The van der Waals surface area contributed by atoms with Crippen molar-refractivity contribution in [3.63, 3.8) is 0 Å². The lowest BCUT2D eigenvalue weighted by molar-refractivity contribution is -0.160. The number of aliphatic hydroxyl groups excluding tert-OH is 2. The van der Waals surface area contributed by atoms with Gasteiger partial charge in [0.05, 0.1) is 46.7 Å². The Labute approximate surface area is 331 Å². The van der Waals surface area contributed by atoms with Gasteiger partial charge in [-0.2, -0.15) is 0 Å². The van der Waals surface area contributed by atoms with Crippen molar-refractivity contribution in [3.8, 4) is 17.2 Å². The number of ketones is 2. The number of nitrogens with one attached hydrogen (secondary N) is 1. The molecule has 2 aliphatic heterocycles. The summed E-state index contributed by atoms with van der Waals surface area (Å²) in [7, 11) is 3.12. The van der Waals surface area contributed by atoms with E-state index in [1.54, 1.807) is 65.3 Å². The number of methoxy groups -OCH3 is 1. The van der Waals surface area contributed by atoms with Crippen LogP contribution in [-0.4, -0.2) is 85.7 Å². The van der Waals surface area contributed by atoms with Crippen LogP contribution in [0.5, 0.6) is 17.2 Å². The van der Waals surface area contributed by atoms with E-state index < -0.39 is 83.0 Å². The lowest BCUT2D eigenvalue weighted by atomic mass is 9.78. The van der Waals surface area contributed by atoms with E-state index in [2.05, 4.69) is 5.32 Å². The summed E-state index contributed by atoms with van der Waals surface area (Å²) >= 11 is 0. The zero-order chi connectivity index (χ0) is 42.6. The molecule has 9 atom stereocenters. The molecule has 57 heavy (non-hydrogen) atoms. The highest BCUT2D eigenvalue weighted by atomic mass is 16.7. The molecule has 0 spiro atoms. The number of aryl methyl sites for hydroxylation is 1. The fourth-order valence-electron chi connectivity index (χ4n) is 8.25. The zero-order valence-corrected chi connectivity index (χ0v) is 34.5. The van der Waals surface area contributed by atoms with E-state index in [-0.39, 0.29) is 61.2 Å². The third kappa shape index (κ3) is 7.30. The van der Waals surface area contributed by atoms with Crippen LogP contribution in [-0.2, 0) is 30.8 Å². The number of nitrogens with zero attached hydrogens (tertiary/aromatic N) is 1. The number of Topliss-reactive ketones (excluding diaryl/α,β-unsaturated/α-hetero) is 2. The average Bonchev–Trinajstić information content (AvgIpc) is 3.58. The molecule has 0 aliphatic carbocycles. The minimum atomic E-state index is -1.99. The van der Waals surface area contributed by atoms with Crippen molar-refractivity contribution in [2.75, 3.05) is 12.4 Å². The van der Waals surface area contributed by atoms with Crippen LogP contribution in [0.1, 0.15) is 87.4 Å². The molecule has 2 aliphatic rings. The highest BCUT2D eigenvalue weighted by Gasteiger charge is 2.50. The molecule has 308 valence electrons. The van der Waals surface area contributed by atoms with Crippen LogP contribution in [0, 0.1) is 37.5 Å². The number of hydrogen-bond donors (Lipinski definition) is 5. The Kier molecular flexibility index (Phi) is 12.0. The Morgan fingerprint density at radius 3 is 2.16 bits per heavy atom. The topological polar surface area (TPSA) is 203 Å². The number of aromatic hydroxyl groups is 2. The van der Waals surface area contributed by atoms with Crippen LogP contribution in [0.3, 0.4) is 0 Å². The second-order valence-corrected chi connectivity index (χ2v) is 15.7.